The van der Waals surface area contributed by atoms with Gasteiger partial charge in [-0.3, -0.25) is 4.79 Å². The van der Waals surface area contributed by atoms with Crippen molar-refractivity contribution in [2.45, 2.75) is 38.8 Å². The molecule has 2 aromatic rings. The second-order valence-electron chi connectivity index (χ2n) is 7.56. The molecule has 0 spiro atoms. The number of aromatic nitrogens is 3. The highest BCUT2D eigenvalue weighted by Gasteiger charge is 2.31. The normalized spacial score (nSPS) is 20.2. The van der Waals surface area contributed by atoms with E-state index in [0.717, 1.165) is 23.9 Å². The molecule has 3 amide bonds. The molecule has 0 radical (unpaired) electrons. The van der Waals surface area contributed by atoms with E-state index >= 15 is 0 Å². The molecule has 9 nitrogen and oxygen atoms in total. The van der Waals surface area contributed by atoms with Crippen molar-refractivity contribution < 1.29 is 14.3 Å². The Morgan fingerprint density at radius 3 is 2.61 bits per heavy atom. The molecule has 1 N–H and O–H groups in total. The van der Waals surface area contributed by atoms with Gasteiger partial charge in [0.1, 0.15) is 6.10 Å². The third-order valence-electron chi connectivity index (χ3n) is 5.26. The van der Waals surface area contributed by atoms with Crippen LogP contribution in [-0.4, -0.2) is 75.4 Å². The maximum absolute atomic E-state index is 12.6. The summed E-state index contributed by atoms with van der Waals surface area (Å²) in [5.41, 5.74) is 1.44. The first-order valence-electron chi connectivity index (χ1n) is 9.82. The number of hydrogen-bond donors (Lipinski definition) is 1. The summed E-state index contributed by atoms with van der Waals surface area (Å²) in [4.78, 5) is 33.0. The molecular formula is C19H26N6O3. The van der Waals surface area contributed by atoms with Crippen LogP contribution in [0.25, 0.3) is 11.0 Å². The molecule has 0 saturated carbocycles. The molecule has 9 heteroatoms. The summed E-state index contributed by atoms with van der Waals surface area (Å²) in [6.45, 7) is 6.83. The van der Waals surface area contributed by atoms with Gasteiger partial charge in [-0.05, 0) is 32.8 Å². The van der Waals surface area contributed by atoms with E-state index in [1.165, 1.54) is 0 Å². The molecule has 0 aliphatic carbocycles. The van der Waals surface area contributed by atoms with Crippen molar-refractivity contribution in [3.63, 3.8) is 0 Å². The molecule has 1 atom stereocenters. The lowest BCUT2D eigenvalue weighted by atomic mass is 10.2. The highest BCUT2D eigenvalue weighted by Crippen LogP contribution is 2.20. The minimum Gasteiger partial charge on any atom is -0.368 e. The van der Waals surface area contributed by atoms with Crippen LogP contribution in [-0.2, 0) is 9.53 Å². The number of anilines is 1. The van der Waals surface area contributed by atoms with Crippen LogP contribution >= 0.6 is 0 Å². The van der Waals surface area contributed by atoms with Crippen LogP contribution in [0.5, 0.6) is 0 Å². The van der Waals surface area contributed by atoms with Crippen molar-refractivity contribution in [1.29, 1.82) is 0 Å². The molecular weight excluding hydrogens is 360 g/mol. The Bertz CT molecular complexity index is 866. The summed E-state index contributed by atoms with van der Waals surface area (Å²) in [7, 11) is 0. The van der Waals surface area contributed by atoms with E-state index in [9.17, 15) is 9.59 Å². The van der Waals surface area contributed by atoms with Crippen LogP contribution in [0, 0.1) is 0 Å². The number of piperazine rings is 1. The Morgan fingerprint density at radius 1 is 1.18 bits per heavy atom. The Kier molecular flexibility index (Phi) is 5.17. The Balaban J connectivity index is 1.34. The van der Waals surface area contributed by atoms with Gasteiger partial charge in [0.05, 0.1) is 18.1 Å². The highest BCUT2D eigenvalue weighted by atomic mass is 16.5. The number of ether oxygens (including phenoxy) is 1. The summed E-state index contributed by atoms with van der Waals surface area (Å²) in [6.07, 6.45) is 4.84. The van der Waals surface area contributed by atoms with Gasteiger partial charge in [-0.15, -0.1) is 0 Å². The van der Waals surface area contributed by atoms with E-state index in [0.29, 0.717) is 38.5 Å². The maximum atomic E-state index is 12.6. The van der Waals surface area contributed by atoms with Gasteiger partial charge < -0.3 is 19.9 Å². The van der Waals surface area contributed by atoms with Gasteiger partial charge in [-0.2, -0.15) is 5.10 Å². The number of pyridine rings is 1. The van der Waals surface area contributed by atoms with E-state index in [4.69, 9.17) is 4.74 Å². The SMILES string of the molecule is CC(C)n1ncc2cc(NC(=O)N3CCN(C(=O)[C@@H]4CCCO4)CC3)cnc21. The van der Waals surface area contributed by atoms with Crippen LogP contribution in [0.15, 0.2) is 18.5 Å². The molecule has 2 aliphatic rings. The van der Waals surface area contributed by atoms with E-state index < -0.39 is 0 Å². The fraction of sp³-hybridized carbons (Fsp3) is 0.579. The van der Waals surface area contributed by atoms with E-state index in [-0.39, 0.29) is 24.1 Å². The minimum absolute atomic E-state index is 0.0503. The highest BCUT2D eigenvalue weighted by molar-refractivity contribution is 5.91. The van der Waals surface area contributed by atoms with Crippen molar-refractivity contribution in [1.82, 2.24) is 24.6 Å². The summed E-state index contributed by atoms with van der Waals surface area (Å²) in [5, 5.41) is 8.13. The number of rotatable bonds is 3. The van der Waals surface area contributed by atoms with Gasteiger partial charge in [0.25, 0.3) is 5.91 Å². The number of nitrogens with zero attached hydrogens (tertiary/aromatic N) is 5. The quantitative estimate of drug-likeness (QED) is 0.869. The molecule has 150 valence electrons. The monoisotopic (exact) mass is 386 g/mol. The second-order valence-corrected chi connectivity index (χ2v) is 7.56. The molecule has 2 saturated heterocycles. The first-order chi connectivity index (χ1) is 13.5. The van der Waals surface area contributed by atoms with Crippen molar-refractivity contribution >= 4 is 28.7 Å². The van der Waals surface area contributed by atoms with Crippen molar-refractivity contribution in [3.8, 4) is 0 Å². The van der Waals surface area contributed by atoms with Crippen LogP contribution in [0.1, 0.15) is 32.7 Å². The number of hydrogen-bond acceptors (Lipinski definition) is 5. The van der Waals surface area contributed by atoms with E-state index in [1.54, 1.807) is 22.2 Å². The van der Waals surface area contributed by atoms with Gasteiger partial charge in [0.15, 0.2) is 5.65 Å². The molecule has 2 aromatic heterocycles. The number of carbonyl (C=O) groups is 2. The van der Waals surface area contributed by atoms with Gasteiger partial charge in [-0.1, -0.05) is 0 Å². The minimum atomic E-state index is -0.301. The van der Waals surface area contributed by atoms with Crippen LogP contribution < -0.4 is 5.32 Å². The Morgan fingerprint density at radius 2 is 1.93 bits per heavy atom. The largest absolute Gasteiger partial charge is 0.368 e. The summed E-state index contributed by atoms with van der Waals surface area (Å²) < 4.78 is 7.33. The zero-order valence-corrected chi connectivity index (χ0v) is 16.3. The zero-order valence-electron chi connectivity index (χ0n) is 16.3. The van der Waals surface area contributed by atoms with Gasteiger partial charge in [-0.25, -0.2) is 14.5 Å². The Labute approximate surface area is 163 Å². The van der Waals surface area contributed by atoms with Crippen LogP contribution in [0.3, 0.4) is 0 Å². The van der Waals surface area contributed by atoms with E-state index in [1.807, 2.05) is 24.6 Å². The second kappa shape index (κ2) is 7.75. The van der Waals surface area contributed by atoms with Crippen molar-refractivity contribution in [2.24, 2.45) is 0 Å². The molecule has 28 heavy (non-hydrogen) atoms. The molecule has 0 bridgehead atoms. The standard InChI is InChI=1S/C19H26N6O3/c1-13(2)25-17-14(11-21-25)10-15(12-20-17)22-19(27)24-7-5-23(6-8-24)18(26)16-4-3-9-28-16/h10-13,16H,3-9H2,1-2H3,(H,22,27)/t16-/m0/s1. The van der Waals surface area contributed by atoms with Crippen LogP contribution in [0.4, 0.5) is 10.5 Å². The smallest absolute Gasteiger partial charge is 0.322 e. The number of carbonyl (C=O) groups excluding carboxylic acids is 2. The lowest BCUT2D eigenvalue weighted by Gasteiger charge is -2.35. The molecule has 4 heterocycles. The Hall–Kier alpha value is -2.68. The van der Waals surface area contributed by atoms with Crippen LogP contribution in [0.2, 0.25) is 0 Å². The lowest BCUT2D eigenvalue weighted by molar-refractivity contribution is -0.142. The van der Waals surface area contributed by atoms with Crippen molar-refractivity contribution in [3.05, 3.63) is 18.5 Å². The molecule has 2 fully saturated rings. The molecule has 0 unspecified atom stereocenters. The zero-order chi connectivity index (χ0) is 19.7. The summed E-state index contributed by atoms with van der Waals surface area (Å²) in [5.74, 6) is 0.0503. The predicted molar refractivity (Wildman–Crippen MR) is 104 cm³/mol. The summed E-state index contributed by atoms with van der Waals surface area (Å²) in [6, 6.07) is 1.92. The first-order valence-corrected chi connectivity index (χ1v) is 9.82. The fourth-order valence-electron chi connectivity index (χ4n) is 3.69. The molecule has 0 aromatic carbocycles. The number of amides is 3. The molecule has 2 aliphatic heterocycles. The topological polar surface area (TPSA) is 92.6 Å². The van der Waals surface area contributed by atoms with Gasteiger partial charge >= 0.3 is 6.03 Å². The predicted octanol–water partition coefficient (Wildman–Crippen LogP) is 1.87. The van der Waals surface area contributed by atoms with E-state index in [2.05, 4.69) is 15.4 Å². The third kappa shape index (κ3) is 3.66. The average Bonchev–Trinajstić information content (AvgIpc) is 3.37. The number of urea groups is 1. The number of nitrogens with one attached hydrogen (secondary N) is 1. The first kappa shape index (κ1) is 18.7. The van der Waals surface area contributed by atoms with Gasteiger partial charge in [0, 0.05) is 44.2 Å². The third-order valence-corrected chi connectivity index (χ3v) is 5.26. The maximum Gasteiger partial charge on any atom is 0.322 e. The van der Waals surface area contributed by atoms with Gasteiger partial charge in [0.2, 0.25) is 0 Å². The number of fused-ring (bicyclic) bond motifs is 1. The van der Waals surface area contributed by atoms with Crippen molar-refractivity contribution in [2.75, 3.05) is 38.1 Å². The lowest BCUT2D eigenvalue weighted by Crippen LogP contribution is -2.53. The summed E-state index contributed by atoms with van der Waals surface area (Å²) >= 11 is 0. The average molecular weight is 386 g/mol. The fourth-order valence-corrected chi connectivity index (χ4v) is 3.69. The molecule has 4 rings (SSSR count).